The number of hydrogen-bond donors (Lipinski definition) is 2. The first-order valence-electron chi connectivity index (χ1n) is 6.64. The van der Waals surface area contributed by atoms with Gasteiger partial charge >= 0.3 is 6.09 Å². The zero-order chi connectivity index (χ0) is 14.2. The van der Waals surface area contributed by atoms with Gasteiger partial charge in [0.1, 0.15) is 5.60 Å². The molecule has 0 spiro atoms. The van der Waals surface area contributed by atoms with Crippen molar-refractivity contribution in [3.05, 3.63) is 0 Å². The molecule has 0 aliphatic rings. The number of amides is 1. The molecular weight excluding hydrogens is 232 g/mol. The zero-order valence-electron chi connectivity index (χ0n) is 12.1. The van der Waals surface area contributed by atoms with Gasteiger partial charge in [-0.1, -0.05) is 6.92 Å². The maximum Gasteiger partial charge on any atom is 0.410 e. The molecule has 0 saturated heterocycles. The SMILES string of the molecule is CC[C@@H](N)CN(CCCCO)C(=O)OC(C)(C)C. The second kappa shape index (κ2) is 8.32. The normalized spacial score (nSPS) is 13.2. The lowest BCUT2D eigenvalue weighted by Crippen LogP contribution is -2.43. The quantitative estimate of drug-likeness (QED) is 0.684. The number of unbranched alkanes of at least 4 members (excludes halogenated alkanes) is 1. The van der Waals surface area contributed by atoms with Crippen molar-refractivity contribution in [2.75, 3.05) is 19.7 Å². The summed E-state index contributed by atoms with van der Waals surface area (Å²) >= 11 is 0. The zero-order valence-corrected chi connectivity index (χ0v) is 12.1. The number of carbonyl (C=O) groups excluding carboxylic acids is 1. The maximum absolute atomic E-state index is 12.0. The topological polar surface area (TPSA) is 75.8 Å². The van der Waals surface area contributed by atoms with E-state index in [9.17, 15) is 4.79 Å². The lowest BCUT2D eigenvalue weighted by atomic mass is 10.2. The van der Waals surface area contributed by atoms with Crippen molar-refractivity contribution in [2.24, 2.45) is 5.73 Å². The summed E-state index contributed by atoms with van der Waals surface area (Å²) in [6, 6.07) is -0.0355. The number of carbonyl (C=O) groups is 1. The van der Waals surface area contributed by atoms with Crippen LogP contribution in [-0.2, 0) is 4.74 Å². The second-order valence-corrected chi connectivity index (χ2v) is 5.53. The standard InChI is InChI=1S/C13H28N2O3/c1-5-11(14)10-15(8-6-7-9-16)12(17)18-13(2,3)4/h11,16H,5-10,14H2,1-4H3/t11-/m1/s1. The van der Waals surface area contributed by atoms with Crippen LogP contribution in [0.25, 0.3) is 0 Å². The Bertz CT molecular complexity index is 239. The summed E-state index contributed by atoms with van der Waals surface area (Å²) in [5.41, 5.74) is 5.38. The molecule has 5 nitrogen and oxygen atoms in total. The fourth-order valence-corrected chi connectivity index (χ4v) is 1.41. The largest absolute Gasteiger partial charge is 0.444 e. The van der Waals surface area contributed by atoms with E-state index in [1.807, 2.05) is 27.7 Å². The molecular formula is C13H28N2O3. The van der Waals surface area contributed by atoms with Crippen molar-refractivity contribution in [3.63, 3.8) is 0 Å². The van der Waals surface area contributed by atoms with Crippen LogP contribution in [0.15, 0.2) is 0 Å². The van der Waals surface area contributed by atoms with Crippen molar-refractivity contribution in [3.8, 4) is 0 Å². The smallest absolute Gasteiger partial charge is 0.410 e. The summed E-state index contributed by atoms with van der Waals surface area (Å²) in [4.78, 5) is 13.6. The minimum absolute atomic E-state index is 0.0355. The Morgan fingerprint density at radius 2 is 2.00 bits per heavy atom. The monoisotopic (exact) mass is 260 g/mol. The number of rotatable bonds is 7. The molecule has 18 heavy (non-hydrogen) atoms. The van der Waals surface area contributed by atoms with E-state index < -0.39 is 5.60 Å². The lowest BCUT2D eigenvalue weighted by Gasteiger charge is -2.29. The van der Waals surface area contributed by atoms with Crippen LogP contribution in [0, 0.1) is 0 Å². The van der Waals surface area contributed by atoms with Crippen LogP contribution in [0.3, 0.4) is 0 Å². The third kappa shape index (κ3) is 8.31. The molecule has 1 amide bonds. The van der Waals surface area contributed by atoms with E-state index in [2.05, 4.69) is 0 Å². The predicted octanol–water partition coefficient (Wildman–Crippen LogP) is 1.73. The molecule has 0 aromatic heterocycles. The van der Waals surface area contributed by atoms with E-state index in [4.69, 9.17) is 15.6 Å². The Morgan fingerprint density at radius 3 is 2.44 bits per heavy atom. The van der Waals surface area contributed by atoms with Gasteiger partial charge < -0.3 is 20.5 Å². The van der Waals surface area contributed by atoms with Gasteiger partial charge in [0.2, 0.25) is 0 Å². The summed E-state index contributed by atoms with van der Waals surface area (Å²) in [5.74, 6) is 0. The van der Waals surface area contributed by atoms with Crippen LogP contribution < -0.4 is 5.73 Å². The average molecular weight is 260 g/mol. The number of aliphatic hydroxyl groups is 1. The van der Waals surface area contributed by atoms with Gasteiger partial charge in [0.05, 0.1) is 0 Å². The number of nitrogens with zero attached hydrogens (tertiary/aromatic N) is 1. The van der Waals surface area contributed by atoms with Crippen LogP contribution in [-0.4, -0.2) is 47.4 Å². The highest BCUT2D eigenvalue weighted by Crippen LogP contribution is 2.11. The van der Waals surface area contributed by atoms with Gasteiger partial charge in [-0.3, -0.25) is 0 Å². The molecule has 0 aromatic carbocycles. The summed E-state index contributed by atoms with van der Waals surface area (Å²) in [6.07, 6.45) is 1.93. The molecule has 1 atom stereocenters. The molecule has 0 radical (unpaired) electrons. The highest BCUT2D eigenvalue weighted by Gasteiger charge is 2.22. The highest BCUT2D eigenvalue weighted by molar-refractivity contribution is 5.68. The molecule has 3 N–H and O–H groups in total. The lowest BCUT2D eigenvalue weighted by molar-refractivity contribution is 0.0232. The Balaban J connectivity index is 4.39. The molecule has 0 aromatic rings. The van der Waals surface area contributed by atoms with E-state index >= 15 is 0 Å². The number of hydrogen-bond acceptors (Lipinski definition) is 4. The molecule has 5 heteroatoms. The molecule has 108 valence electrons. The molecule has 0 bridgehead atoms. The van der Waals surface area contributed by atoms with Gasteiger partial charge in [-0.25, -0.2) is 4.79 Å². The Kier molecular flexibility index (Phi) is 7.95. The fourth-order valence-electron chi connectivity index (χ4n) is 1.41. The second-order valence-electron chi connectivity index (χ2n) is 5.53. The number of ether oxygens (including phenoxy) is 1. The summed E-state index contributed by atoms with van der Waals surface area (Å²) < 4.78 is 5.34. The van der Waals surface area contributed by atoms with Gasteiger partial charge in [-0.05, 0) is 40.0 Å². The van der Waals surface area contributed by atoms with Crippen molar-refractivity contribution in [2.45, 2.75) is 58.6 Å². The average Bonchev–Trinajstić information content (AvgIpc) is 2.25. The van der Waals surface area contributed by atoms with Gasteiger partial charge in [0, 0.05) is 25.7 Å². The molecule has 0 aliphatic carbocycles. The van der Waals surface area contributed by atoms with Crippen molar-refractivity contribution in [1.82, 2.24) is 4.90 Å². The van der Waals surface area contributed by atoms with E-state index in [1.165, 1.54) is 0 Å². The molecule has 0 saturated carbocycles. The third-order valence-corrected chi connectivity index (χ3v) is 2.47. The first kappa shape index (κ1) is 17.2. The van der Waals surface area contributed by atoms with Gasteiger partial charge in [0.25, 0.3) is 0 Å². The Hall–Kier alpha value is -0.810. The molecule has 0 fully saturated rings. The van der Waals surface area contributed by atoms with Crippen molar-refractivity contribution in [1.29, 1.82) is 0 Å². The van der Waals surface area contributed by atoms with Crippen molar-refractivity contribution < 1.29 is 14.6 Å². The van der Waals surface area contributed by atoms with Gasteiger partial charge in [-0.15, -0.1) is 0 Å². The minimum atomic E-state index is -0.497. The molecule has 0 rings (SSSR count). The Morgan fingerprint density at radius 1 is 1.39 bits per heavy atom. The van der Waals surface area contributed by atoms with E-state index in [0.717, 1.165) is 12.8 Å². The summed E-state index contributed by atoms with van der Waals surface area (Å²) in [6.45, 7) is 8.73. The van der Waals surface area contributed by atoms with Crippen LogP contribution in [0.1, 0.15) is 47.0 Å². The van der Waals surface area contributed by atoms with Gasteiger partial charge in [-0.2, -0.15) is 0 Å². The van der Waals surface area contributed by atoms with Crippen LogP contribution in [0.2, 0.25) is 0 Å². The third-order valence-electron chi connectivity index (χ3n) is 2.47. The minimum Gasteiger partial charge on any atom is -0.444 e. The highest BCUT2D eigenvalue weighted by atomic mass is 16.6. The first-order chi connectivity index (χ1) is 8.30. The Labute approximate surface area is 110 Å². The van der Waals surface area contributed by atoms with E-state index in [1.54, 1.807) is 4.90 Å². The van der Waals surface area contributed by atoms with E-state index in [0.29, 0.717) is 19.5 Å². The number of nitrogens with two attached hydrogens (primary N) is 1. The van der Waals surface area contributed by atoms with Crippen LogP contribution in [0.4, 0.5) is 4.79 Å². The van der Waals surface area contributed by atoms with Crippen molar-refractivity contribution >= 4 is 6.09 Å². The predicted molar refractivity (Wildman–Crippen MR) is 72.4 cm³/mol. The summed E-state index contributed by atoms with van der Waals surface area (Å²) in [5, 5.41) is 8.77. The fraction of sp³-hybridized carbons (Fsp3) is 0.923. The first-order valence-corrected chi connectivity index (χ1v) is 6.64. The van der Waals surface area contributed by atoms with Gasteiger partial charge in [0.15, 0.2) is 0 Å². The molecule has 0 aliphatic heterocycles. The number of aliphatic hydroxyl groups excluding tert-OH is 1. The molecule has 0 heterocycles. The summed E-state index contributed by atoms with van der Waals surface area (Å²) in [7, 11) is 0. The van der Waals surface area contributed by atoms with Crippen LogP contribution >= 0.6 is 0 Å². The van der Waals surface area contributed by atoms with Crippen LogP contribution in [0.5, 0.6) is 0 Å². The molecule has 0 unspecified atom stereocenters. The maximum atomic E-state index is 12.0. The van der Waals surface area contributed by atoms with E-state index in [-0.39, 0.29) is 18.7 Å².